The number of hydrazine groups is 1. The van der Waals surface area contributed by atoms with Crippen molar-refractivity contribution in [1.82, 2.24) is 10.4 Å². The van der Waals surface area contributed by atoms with Crippen LogP contribution in [0.3, 0.4) is 0 Å². The van der Waals surface area contributed by atoms with E-state index in [-0.39, 0.29) is 0 Å². The van der Waals surface area contributed by atoms with Gasteiger partial charge in [-0.3, -0.25) is 5.01 Å². The van der Waals surface area contributed by atoms with Crippen molar-refractivity contribution < 1.29 is 0 Å². The third-order valence-corrected chi connectivity index (χ3v) is 1.44. The van der Waals surface area contributed by atoms with Crippen LogP contribution in [0, 0.1) is 0 Å². The maximum Gasteiger partial charge on any atom is 0.0524 e. The van der Waals surface area contributed by atoms with E-state index in [9.17, 15) is 0 Å². The summed E-state index contributed by atoms with van der Waals surface area (Å²) < 4.78 is 0. The van der Waals surface area contributed by atoms with Gasteiger partial charge in [0.1, 0.15) is 0 Å². The van der Waals surface area contributed by atoms with Crippen molar-refractivity contribution in [1.29, 1.82) is 0 Å². The number of rotatable bonds is 5. The van der Waals surface area contributed by atoms with E-state index >= 15 is 0 Å². The van der Waals surface area contributed by atoms with Gasteiger partial charge >= 0.3 is 0 Å². The van der Waals surface area contributed by atoms with Crippen LogP contribution in [0.15, 0.2) is 36.7 Å². The summed E-state index contributed by atoms with van der Waals surface area (Å²) in [5.41, 5.74) is 4.13. The third-order valence-electron chi connectivity index (χ3n) is 1.44. The standard InChI is InChI=1S/C10H18N2/c1-5-8-10(7-3)12(11-4)9-6-2/h6-9,11H,3,5H2,1-2,4H3/b9-6-,10-8-. The molecule has 0 saturated heterocycles. The highest BCUT2D eigenvalue weighted by Crippen LogP contribution is 2.03. The Morgan fingerprint density at radius 1 is 1.58 bits per heavy atom. The fourth-order valence-electron chi connectivity index (χ4n) is 0.928. The molecule has 0 aromatic carbocycles. The van der Waals surface area contributed by atoms with Gasteiger partial charge in [0.15, 0.2) is 0 Å². The third kappa shape index (κ3) is 3.39. The quantitative estimate of drug-likeness (QED) is 0.498. The zero-order valence-electron chi connectivity index (χ0n) is 8.17. The van der Waals surface area contributed by atoms with Crippen molar-refractivity contribution in [2.75, 3.05) is 7.05 Å². The molecule has 0 heterocycles. The summed E-state index contributed by atoms with van der Waals surface area (Å²) in [6, 6.07) is 0. The van der Waals surface area contributed by atoms with E-state index in [0.717, 1.165) is 12.1 Å². The van der Waals surface area contributed by atoms with Crippen molar-refractivity contribution in [2.24, 2.45) is 0 Å². The molecule has 0 saturated carbocycles. The zero-order valence-corrected chi connectivity index (χ0v) is 8.17. The van der Waals surface area contributed by atoms with Gasteiger partial charge in [-0.05, 0) is 19.4 Å². The van der Waals surface area contributed by atoms with Crippen LogP contribution in [-0.2, 0) is 0 Å². The second-order valence-electron chi connectivity index (χ2n) is 2.32. The van der Waals surface area contributed by atoms with Crippen molar-refractivity contribution in [3.63, 3.8) is 0 Å². The molecule has 0 radical (unpaired) electrons. The largest absolute Gasteiger partial charge is 0.285 e. The van der Waals surface area contributed by atoms with E-state index in [4.69, 9.17) is 0 Å². The molecule has 0 atom stereocenters. The average Bonchev–Trinajstić information content (AvgIpc) is 2.11. The summed E-state index contributed by atoms with van der Waals surface area (Å²) in [6.45, 7) is 7.83. The van der Waals surface area contributed by atoms with Gasteiger partial charge in [-0.1, -0.05) is 25.7 Å². The zero-order chi connectivity index (χ0) is 9.40. The smallest absolute Gasteiger partial charge is 0.0524 e. The fourth-order valence-corrected chi connectivity index (χ4v) is 0.928. The number of hydrogen-bond acceptors (Lipinski definition) is 2. The van der Waals surface area contributed by atoms with Gasteiger partial charge < -0.3 is 0 Å². The number of hydrogen-bond donors (Lipinski definition) is 1. The fraction of sp³-hybridized carbons (Fsp3) is 0.400. The molecule has 0 aliphatic heterocycles. The van der Waals surface area contributed by atoms with Crippen LogP contribution in [0.1, 0.15) is 20.3 Å². The number of nitrogens with one attached hydrogen (secondary N) is 1. The first-order chi connectivity index (χ1) is 5.79. The first-order valence-corrected chi connectivity index (χ1v) is 4.22. The van der Waals surface area contributed by atoms with Gasteiger partial charge in [0.2, 0.25) is 0 Å². The highest BCUT2D eigenvalue weighted by molar-refractivity contribution is 5.16. The van der Waals surface area contributed by atoms with Crippen LogP contribution < -0.4 is 5.43 Å². The van der Waals surface area contributed by atoms with Gasteiger partial charge in [-0.2, -0.15) is 0 Å². The number of allylic oxidation sites excluding steroid dienone is 3. The molecule has 2 heteroatoms. The second-order valence-corrected chi connectivity index (χ2v) is 2.32. The lowest BCUT2D eigenvalue weighted by Gasteiger charge is -2.19. The lowest BCUT2D eigenvalue weighted by atomic mass is 10.3. The molecule has 0 aliphatic carbocycles. The van der Waals surface area contributed by atoms with Crippen LogP contribution in [0.25, 0.3) is 0 Å². The molecule has 0 amide bonds. The maximum atomic E-state index is 3.75. The first kappa shape index (κ1) is 11.0. The molecule has 12 heavy (non-hydrogen) atoms. The minimum atomic E-state index is 1.01. The van der Waals surface area contributed by atoms with Crippen molar-refractivity contribution >= 4 is 0 Å². The molecule has 0 unspecified atom stereocenters. The van der Waals surface area contributed by atoms with Crippen molar-refractivity contribution in [3.05, 3.63) is 36.7 Å². The minimum Gasteiger partial charge on any atom is -0.285 e. The highest BCUT2D eigenvalue weighted by atomic mass is 15.5. The van der Waals surface area contributed by atoms with E-state index < -0.39 is 0 Å². The molecular weight excluding hydrogens is 148 g/mol. The minimum absolute atomic E-state index is 1.01. The second kappa shape index (κ2) is 6.68. The van der Waals surface area contributed by atoms with Gasteiger partial charge in [-0.25, -0.2) is 5.43 Å². The Balaban J connectivity index is 4.43. The van der Waals surface area contributed by atoms with Crippen LogP contribution >= 0.6 is 0 Å². The predicted octanol–water partition coefficient (Wildman–Crippen LogP) is 2.44. The molecule has 0 aliphatic rings. The molecule has 68 valence electrons. The average molecular weight is 166 g/mol. The van der Waals surface area contributed by atoms with E-state index in [2.05, 4.69) is 25.0 Å². The molecule has 0 aromatic heterocycles. The van der Waals surface area contributed by atoms with E-state index in [1.165, 1.54) is 0 Å². The summed E-state index contributed by atoms with van der Waals surface area (Å²) >= 11 is 0. The van der Waals surface area contributed by atoms with E-state index in [1.807, 2.05) is 37.3 Å². The Kier molecular flexibility index (Phi) is 6.11. The van der Waals surface area contributed by atoms with Crippen molar-refractivity contribution in [2.45, 2.75) is 20.3 Å². The van der Waals surface area contributed by atoms with Crippen LogP contribution in [0.5, 0.6) is 0 Å². The van der Waals surface area contributed by atoms with E-state index in [1.54, 1.807) is 0 Å². The molecule has 0 rings (SSSR count). The first-order valence-electron chi connectivity index (χ1n) is 4.22. The predicted molar refractivity (Wildman–Crippen MR) is 54.3 cm³/mol. The summed E-state index contributed by atoms with van der Waals surface area (Å²) in [6.07, 6.45) is 8.90. The Bertz CT molecular complexity index is 180. The Labute approximate surface area is 75.2 Å². The monoisotopic (exact) mass is 166 g/mol. The Hall–Kier alpha value is -1.02. The van der Waals surface area contributed by atoms with Crippen LogP contribution in [0.4, 0.5) is 0 Å². The Morgan fingerprint density at radius 2 is 2.25 bits per heavy atom. The summed E-state index contributed by atoms with van der Waals surface area (Å²) in [5.74, 6) is 0. The summed E-state index contributed by atoms with van der Waals surface area (Å²) in [7, 11) is 1.88. The highest BCUT2D eigenvalue weighted by Gasteiger charge is 1.97. The lowest BCUT2D eigenvalue weighted by Crippen LogP contribution is -2.28. The Morgan fingerprint density at radius 3 is 2.58 bits per heavy atom. The molecule has 1 N–H and O–H groups in total. The van der Waals surface area contributed by atoms with Gasteiger partial charge in [0, 0.05) is 13.2 Å². The normalized spacial score (nSPS) is 12.1. The van der Waals surface area contributed by atoms with Gasteiger partial charge in [0.05, 0.1) is 5.70 Å². The van der Waals surface area contributed by atoms with Gasteiger partial charge in [-0.15, -0.1) is 0 Å². The number of nitrogens with zero attached hydrogens (tertiary/aromatic N) is 1. The molecule has 0 bridgehead atoms. The topological polar surface area (TPSA) is 15.3 Å². The van der Waals surface area contributed by atoms with Gasteiger partial charge in [0.25, 0.3) is 0 Å². The van der Waals surface area contributed by atoms with Crippen LogP contribution in [0.2, 0.25) is 0 Å². The van der Waals surface area contributed by atoms with E-state index in [0.29, 0.717) is 0 Å². The summed E-state index contributed by atoms with van der Waals surface area (Å²) in [4.78, 5) is 0. The molecule has 0 fully saturated rings. The maximum absolute atomic E-state index is 3.75. The molecular formula is C10H18N2. The lowest BCUT2D eigenvalue weighted by molar-refractivity contribution is 0.384. The molecule has 0 aromatic rings. The SMILES string of the molecule is C=C/C(=C/CC)N(/C=C\C)NC. The molecule has 0 spiro atoms. The van der Waals surface area contributed by atoms with Crippen LogP contribution in [-0.4, -0.2) is 12.1 Å². The van der Waals surface area contributed by atoms with Crippen molar-refractivity contribution in [3.8, 4) is 0 Å². The summed E-state index contributed by atoms with van der Waals surface area (Å²) in [5, 5.41) is 1.93. The molecule has 2 nitrogen and oxygen atoms in total.